The fourth-order valence-electron chi connectivity index (χ4n) is 1.73. The molecule has 0 aliphatic rings. The molecule has 1 aromatic heterocycles. The number of rotatable bonds is 8. The molecule has 0 fully saturated rings. The zero-order valence-electron chi connectivity index (χ0n) is 11.8. The lowest BCUT2D eigenvalue weighted by atomic mass is 10.1. The average Bonchev–Trinajstić information content (AvgIpc) is 2.75. The van der Waals surface area contributed by atoms with Gasteiger partial charge >= 0.3 is 0 Å². The summed E-state index contributed by atoms with van der Waals surface area (Å²) in [7, 11) is 1.86. The van der Waals surface area contributed by atoms with E-state index in [1.54, 1.807) is 16.4 Å². The summed E-state index contributed by atoms with van der Waals surface area (Å²) in [5, 5.41) is 15.7. The highest BCUT2D eigenvalue weighted by Gasteiger charge is 2.13. The molecule has 19 heavy (non-hydrogen) atoms. The van der Waals surface area contributed by atoms with Gasteiger partial charge in [-0.3, -0.25) is 9.48 Å². The summed E-state index contributed by atoms with van der Waals surface area (Å²) in [6.45, 7) is 5.01. The van der Waals surface area contributed by atoms with Gasteiger partial charge in [-0.2, -0.15) is 16.9 Å². The Kier molecular flexibility index (Phi) is 6.94. The molecule has 0 saturated heterocycles. The van der Waals surface area contributed by atoms with Gasteiger partial charge in [0.05, 0.1) is 0 Å². The summed E-state index contributed by atoms with van der Waals surface area (Å²) < 4.78 is 1.76. The molecule has 1 rings (SSSR count). The monoisotopic (exact) mass is 285 g/mol. The van der Waals surface area contributed by atoms with Crippen molar-refractivity contribution in [1.82, 2.24) is 15.1 Å². The highest BCUT2D eigenvalue weighted by molar-refractivity contribution is 7.99. The van der Waals surface area contributed by atoms with Crippen molar-refractivity contribution in [2.45, 2.75) is 26.2 Å². The Morgan fingerprint density at radius 3 is 2.84 bits per heavy atom. The van der Waals surface area contributed by atoms with E-state index in [0.717, 1.165) is 23.6 Å². The van der Waals surface area contributed by atoms with Crippen LogP contribution in [-0.4, -0.2) is 45.5 Å². The minimum atomic E-state index is -0.120. The van der Waals surface area contributed by atoms with E-state index >= 15 is 0 Å². The number of hydrogen-bond donors (Lipinski definition) is 2. The number of aliphatic hydroxyl groups excluding tert-OH is 1. The quantitative estimate of drug-likeness (QED) is 0.708. The first kappa shape index (κ1) is 16.0. The molecule has 0 aliphatic heterocycles. The molecule has 1 amide bonds. The Bertz CT molecular complexity index is 405. The highest BCUT2D eigenvalue weighted by Crippen LogP contribution is 2.14. The van der Waals surface area contributed by atoms with E-state index in [1.165, 1.54) is 0 Å². The number of thioether (sulfide) groups is 1. The van der Waals surface area contributed by atoms with Gasteiger partial charge in [-0.05, 0) is 24.2 Å². The van der Waals surface area contributed by atoms with Crippen LogP contribution in [0.15, 0.2) is 6.07 Å². The Balaban J connectivity index is 2.35. The van der Waals surface area contributed by atoms with E-state index in [9.17, 15) is 4.79 Å². The minimum absolute atomic E-state index is 0.120. The molecule has 0 aliphatic carbocycles. The number of nitrogens with one attached hydrogen (secondary N) is 1. The van der Waals surface area contributed by atoms with Crippen LogP contribution in [0.5, 0.6) is 0 Å². The summed E-state index contributed by atoms with van der Waals surface area (Å²) in [6.07, 6.45) is 0.802. The van der Waals surface area contributed by atoms with Gasteiger partial charge in [-0.25, -0.2) is 0 Å². The van der Waals surface area contributed by atoms with Crippen LogP contribution in [0.25, 0.3) is 0 Å². The largest absolute Gasteiger partial charge is 0.396 e. The molecular weight excluding hydrogens is 262 g/mol. The number of hydrogen-bond acceptors (Lipinski definition) is 4. The molecule has 1 aromatic rings. The molecule has 0 atom stereocenters. The number of aliphatic hydroxyl groups is 1. The van der Waals surface area contributed by atoms with E-state index < -0.39 is 0 Å². The van der Waals surface area contributed by atoms with Gasteiger partial charge < -0.3 is 10.4 Å². The molecule has 2 N–H and O–H groups in total. The summed E-state index contributed by atoms with van der Waals surface area (Å²) in [4.78, 5) is 11.9. The molecule has 0 radical (unpaired) electrons. The molecule has 0 unspecified atom stereocenters. The van der Waals surface area contributed by atoms with Crippen molar-refractivity contribution >= 4 is 17.7 Å². The standard InChI is InChI=1S/C13H23N3O2S/c1-10(2)12-9-11(15-16(12)3)13(18)14-5-8-19-7-4-6-17/h9-10,17H,4-8H2,1-3H3,(H,14,18). The van der Waals surface area contributed by atoms with Crippen LogP contribution in [0.3, 0.4) is 0 Å². The fourth-order valence-corrected chi connectivity index (χ4v) is 2.51. The van der Waals surface area contributed by atoms with Crippen LogP contribution in [0.2, 0.25) is 0 Å². The SMILES string of the molecule is CC(C)c1cc(C(=O)NCCSCCCO)nn1C. The van der Waals surface area contributed by atoms with Crippen LogP contribution in [0, 0.1) is 0 Å². The van der Waals surface area contributed by atoms with Crippen LogP contribution in [0.1, 0.15) is 42.4 Å². The van der Waals surface area contributed by atoms with E-state index in [-0.39, 0.29) is 12.5 Å². The normalized spacial score (nSPS) is 11.0. The summed E-state index contributed by atoms with van der Waals surface area (Å²) in [5.74, 6) is 2.02. The zero-order valence-corrected chi connectivity index (χ0v) is 12.7. The maximum Gasteiger partial charge on any atom is 0.271 e. The molecule has 0 spiro atoms. The summed E-state index contributed by atoms with van der Waals surface area (Å²) in [5.41, 5.74) is 1.54. The van der Waals surface area contributed by atoms with Crippen molar-refractivity contribution < 1.29 is 9.90 Å². The van der Waals surface area contributed by atoms with Crippen molar-refractivity contribution in [3.8, 4) is 0 Å². The fraction of sp³-hybridized carbons (Fsp3) is 0.692. The Labute approximate surface area is 118 Å². The van der Waals surface area contributed by atoms with Gasteiger partial charge in [0.15, 0.2) is 0 Å². The summed E-state index contributed by atoms with van der Waals surface area (Å²) in [6, 6.07) is 1.85. The van der Waals surface area contributed by atoms with Crippen LogP contribution < -0.4 is 5.32 Å². The Hall–Kier alpha value is -1.01. The average molecular weight is 285 g/mol. The first-order valence-electron chi connectivity index (χ1n) is 6.57. The lowest BCUT2D eigenvalue weighted by Crippen LogP contribution is -2.26. The van der Waals surface area contributed by atoms with Gasteiger partial charge in [-0.15, -0.1) is 0 Å². The highest BCUT2D eigenvalue weighted by atomic mass is 32.2. The smallest absolute Gasteiger partial charge is 0.271 e. The Morgan fingerprint density at radius 2 is 2.26 bits per heavy atom. The lowest BCUT2D eigenvalue weighted by molar-refractivity contribution is 0.0950. The van der Waals surface area contributed by atoms with Crippen molar-refractivity contribution in [3.63, 3.8) is 0 Å². The van der Waals surface area contributed by atoms with Crippen LogP contribution >= 0.6 is 11.8 Å². The van der Waals surface area contributed by atoms with Gasteiger partial charge in [-0.1, -0.05) is 13.8 Å². The number of aryl methyl sites for hydroxylation is 1. The van der Waals surface area contributed by atoms with Crippen molar-refractivity contribution in [1.29, 1.82) is 0 Å². The predicted molar refractivity (Wildman–Crippen MR) is 78.7 cm³/mol. The second-order valence-electron chi connectivity index (χ2n) is 4.68. The third-order valence-corrected chi connectivity index (χ3v) is 3.79. The lowest BCUT2D eigenvalue weighted by Gasteiger charge is -2.02. The van der Waals surface area contributed by atoms with Crippen LogP contribution in [0.4, 0.5) is 0 Å². The molecular formula is C13H23N3O2S. The maximum atomic E-state index is 11.9. The third kappa shape index (κ3) is 5.24. The molecule has 0 bridgehead atoms. The van der Waals surface area contributed by atoms with Crippen molar-refractivity contribution in [2.24, 2.45) is 7.05 Å². The number of carbonyl (C=O) groups is 1. The summed E-state index contributed by atoms with van der Waals surface area (Å²) >= 11 is 1.73. The van der Waals surface area contributed by atoms with E-state index in [1.807, 2.05) is 13.1 Å². The number of carbonyl (C=O) groups excluding carboxylic acids is 1. The van der Waals surface area contributed by atoms with Crippen molar-refractivity contribution in [2.75, 3.05) is 24.7 Å². The maximum absolute atomic E-state index is 11.9. The van der Waals surface area contributed by atoms with Gasteiger partial charge in [0.2, 0.25) is 0 Å². The van der Waals surface area contributed by atoms with Crippen LogP contribution in [-0.2, 0) is 7.05 Å². The molecule has 6 heteroatoms. The van der Waals surface area contributed by atoms with Gasteiger partial charge in [0, 0.05) is 31.6 Å². The number of aromatic nitrogens is 2. The molecule has 0 aromatic carbocycles. The second-order valence-corrected chi connectivity index (χ2v) is 5.90. The van der Waals surface area contributed by atoms with E-state index in [4.69, 9.17) is 5.11 Å². The van der Waals surface area contributed by atoms with Gasteiger partial charge in [0.25, 0.3) is 5.91 Å². The van der Waals surface area contributed by atoms with Crippen molar-refractivity contribution in [3.05, 3.63) is 17.5 Å². The first-order valence-corrected chi connectivity index (χ1v) is 7.72. The number of amides is 1. The number of nitrogens with zero attached hydrogens (tertiary/aromatic N) is 2. The first-order chi connectivity index (χ1) is 9.06. The second kappa shape index (κ2) is 8.22. The van der Waals surface area contributed by atoms with E-state index in [2.05, 4.69) is 24.3 Å². The Morgan fingerprint density at radius 1 is 1.53 bits per heavy atom. The molecule has 5 nitrogen and oxygen atoms in total. The third-order valence-electron chi connectivity index (χ3n) is 2.72. The topological polar surface area (TPSA) is 67.2 Å². The molecule has 1 heterocycles. The predicted octanol–water partition coefficient (Wildman–Crippen LogP) is 1.39. The minimum Gasteiger partial charge on any atom is -0.396 e. The molecule has 0 saturated carbocycles. The zero-order chi connectivity index (χ0) is 14.3. The van der Waals surface area contributed by atoms with E-state index in [0.29, 0.717) is 18.2 Å². The van der Waals surface area contributed by atoms with Gasteiger partial charge in [0.1, 0.15) is 5.69 Å². The molecule has 108 valence electrons.